The molecular formula is C17H25N3O. The van der Waals surface area contributed by atoms with Crippen LogP contribution < -0.4 is 10.1 Å². The molecule has 0 bridgehead atoms. The minimum absolute atomic E-state index is 0.540. The van der Waals surface area contributed by atoms with Gasteiger partial charge < -0.3 is 14.6 Å². The molecule has 4 nitrogen and oxygen atoms in total. The highest BCUT2D eigenvalue weighted by Crippen LogP contribution is 2.24. The molecule has 0 aliphatic heterocycles. The molecule has 0 fully saturated rings. The van der Waals surface area contributed by atoms with Crippen LogP contribution in [0.2, 0.25) is 0 Å². The minimum Gasteiger partial charge on any atom is -0.487 e. The van der Waals surface area contributed by atoms with Crippen molar-refractivity contribution in [3.05, 3.63) is 47.5 Å². The van der Waals surface area contributed by atoms with E-state index in [0.717, 1.165) is 24.5 Å². The van der Waals surface area contributed by atoms with E-state index in [4.69, 9.17) is 4.74 Å². The molecule has 0 radical (unpaired) electrons. The number of benzene rings is 1. The van der Waals surface area contributed by atoms with Gasteiger partial charge in [-0.25, -0.2) is 4.98 Å². The lowest BCUT2D eigenvalue weighted by Crippen LogP contribution is -2.19. The average molecular weight is 287 g/mol. The number of hydrogen-bond donors (Lipinski definition) is 1. The molecule has 4 heteroatoms. The van der Waals surface area contributed by atoms with Crippen LogP contribution in [0.15, 0.2) is 30.7 Å². The summed E-state index contributed by atoms with van der Waals surface area (Å²) in [7, 11) is 1.98. The largest absolute Gasteiger partial charge is 0.487 e. The Bertz CT molecular complexity index is 575. The van der Waals surface area contributed by atoms with Crippen LogP contribution in [-0.4, -0.2) is 16.1 Å². The van der Waals surface area contributed by atoms with Crippen LogP contribution in [0, 0.1) is 12.8 Å². The van der Waals surface area contributed by atoms with Gasteiger partial charge in [0, 0.05) is 19.2 Å². The van der Waals surface area contributed by atoms with E-state index >= 15 is 0 Å². The fourth-order valence-electron chi connectivity index (χ4n) is 2.22. The number of rotatable bonds is 7. The zero-order valence-electron chi connectivity index (χ0n) is 13.4. The van der Waals surface area contributed by atoms with E-state index in [9.17, 15) is 0 Å². The van der Waals surface area contributed by atoms with Gasteiger partial charge in [-0.1, -0.05) is 32.0 Å². The van der Waals surface area contributed by atoms with E-state index in [2.05, 4.69) is 49.3 Å². The van der Waals surface area contributed by atoms with Gasteiger partial charge in [-0.2, -0.15) is 0 Å². The van der Waals surface area contributed by atoms with Crippen LogP contribution in [0.3, 0.4) is 0 Å². The Hall–Kier alpha value is -1.81. The predicted octanol–water partition coefficient (Wildman–Crippen LogP) is 3.05. The summed E-state index contributed by atoms with van der Waals surface area (Å²) in [6.07, 6.45) is 3.64. The Balaban J connectivity index is 2.05. The van der Waals surface area contributed by atoms with Crippen molar-refractivity contribution in [3.8, 4) is 5.75 Å². The molecule has 0 unspecified atom stereocenters. The maximum Gasteiger partial charge on any atom is 0.130 e. The fraction of sp³-hybridized carbons (Fsp3) is 0.471. The average Bonchev–Trinajstić information content (AvgIpc) is 2.83. The van der Waals surface area contributed by atoms with Gasteiger partial charge in [0.25, 0.3) is 0 Å². The summed E-state index contributed by atoms with van der Waals surface area (Å²) < 4.78 is 8.03. The molecule has 114 valence electrons. The van der Waals surface area contributed by atoms with E-state index in [0.29, 0.717) is 12.5 Å². The van der Waals surface area contributed by atoms with Crippen molar-refractivity contribution in [1.29, 1.82) is 0 Å². The van der Waals surface area contributed by atoms with Crippen molar-refractivity contribution in [2.24, 2.45) is 13.0 Å². The second-order valence-corrected chi connectivity index (χ2v) is 5.87. The summed E-state index contributed by atoms with van der Waals surface area (Å²) in [6, 6.07) is 6.29. The predicted molar refractivity (Wildman–Crippen MR) is 85.3 cm³/mol. The number of nitrogens with zero attached hydrogens (tertiary/aromatic N) is 2. The molecule has 0 saturated carbocycles. The number of imidazole rings is 1. The molecule has 1 aromatic carbocycles. The molecule has 2 aromatic rings. The van der Waals surface area contributed by atoms with Crippen molar-refractivity contribution >= 4 is 0 Å². The third kappa shape index (κ3) is 4.33. The van der Waals surface area contributed by atoms with Gasteiger partial charge in [-0.05, 0) is 24.9 Å². The Morgan fingerprint density at radius 2 is 2.14 bits per heavy atom. The molecule has 21 heavy (non-hydrogen) atoms. The highest BCUT2D eigenvalue weighted by molar-refractivity contribution is 5.40. The highest BCUT2D eigenvalue weighted by Gasteiger charge is 2.08. The SMILES string of the molecule is Cc1cccc(CNCC(C)C)c1OCc1cncn1C. The number of aryl methyl sites for hydroxylation is 2. The molecular weight excluding hydrogens is 262 g/mol. The second-order valence-electron chi connectivity index (χ2n) is 5.87. The quantitative estimate of drug-likeness (QED) is 0.850. The summed E-state index contributed by atoms with van der Waals surface area (Å²) in [6.45, 7) is 8.89. The third-order valence-corrected chi connectivity index (χ3v) is 3.44. The summed E-state index contributed by atoms with van der Waals surface area (Å²) in [4.78, 5) is 4.12. The van der Waals surface area contributed by atoms with Crippen molar-refractivity contribution < 1.29 is 4.74 Å². The number of aromatic nitrogens is 2. The number of para-hydroxylation sites is 1. The van der Waals surface area contributed by atoms with Crippen LogP contribution in [-0.2, 0) is 20.2 Å². The zero-order valence-corrected chi connectivity index (χ0v) is 13.4. The first kappa shape index (κ1) is 15.6. The summed E-state index contributed by atoms with van der Waals surface area (Å²) >= 11 is 0. The maximum absolute atomic E-state index is 6.05. The van der Waals surface area contributed by atoms with Gasteiger partial charge >= 0.3 is 0 Å². The molecule has 0 aliphatic rings. The van der Waals surface area contributed by atoms with Crippen molar-refractivity contribution in [2.45, 2.75) is 33.9 Å². The first-order chi connectivity index (χ1) is 10.1. The Morgan fingerprint density at radius 1 is 1.33 bits per heavy atom. The summed E-state index contributed by atoms with van der Waals surface area (Å²) in [5.74, 6) is 1.63. The lowest BCUT2D eigenvalue weighted by molar-refractivity contribution is 0.291. The van der Waals surface area contributed by atoms with E-state index in [1.54, 1.807) is 6.33 Å². The van der Waals surface area contributed by atoms with Crippen molar-refractivity contribution in [3.63, 3.8) is 0 Å². The zero-order chi connectivity index (χ0) is 15.2. The Labute approximate surface area is 127 Å². The number of ether oxygens (including phenoxy) is 1. The summed E-state index contributed by atoms with van der Waals surface area (Å²) in [5.41, 5.74) is 3.44. The Kier molecular flexibility index (Phi) is 5.39. The van der Waals surface area contributed by atoms with Crippen LogP contribution in [0.25, 0.3) is 0 Å². The standard InChI is InChI=1S/C17H25N3O/c1-13(2)8-18-9-15-7-5-6-14(3)17(15)21-11-16-10-19-12-20(16)4/h5-7,10,12-13,18H,8-9,11H2,1-4H3. The normalized spacial score (nSPS) is 11.1. The lowest BCUT2D eigenvalue weighted by atomic mass is 10.1. The smallest absolute Gasteiger partial charge is 0.130 e. The van der Waals surface area contributed by atoms with E-state index in [1.807, 2.05) is 17.8 Å². The van der Waals surface area contributed by atoms with Crippen LogP contribution in [0.4, 0.5) is 0 Å². The molecule has 1 N–H and O–H groups in total. The maximum atomic E-state index is 6.05. The molecule has 0 saturated heterocycles. The highest BCUT2D eigenvalue weighted by atomic mass is 16.5. The molecule has 1 aromatic heterocycles. The summed E-state index contributed by atoms with van der Waals surface area (Å²) in [5, 5.41) is 3.48. The van der Waals surface area contributed by atoms with Crippen molar-refractivity contribution in [1.82, 2.24) is 14.9 Å². The van der Waals surface area contributed by atoms with E-state index < -0.39 is 0 Å². The van der Waals surface area contributed by atoms with Crippen LogP contribution >= 0.6 is 0 Å². The van der Waals surface area contributed by atoms with Crippen LogP contribution in [0.1, 0.15) is 30.7 Å². The molecule has 0 amide bonds. The van der Waals surface area contributed by atoms with Gasteiger partial charge in [-0.3, -0.25) is 0 Å². The monoisotopic (exact) mass is 287 g/mol. The van der Waals surface area contributed by atoms with Gasteiger partial charge in [0.15, 0.2) is 0 Å². The van der Waals surface area contributed by atoms with E-state index in [1.165, 1.54) is 11.1 Å². The number of nitrogens with one attached hydrogen (secondary N) is 1. The first-order valence-electron chi connectivity index (χ1n) is 7.45. The van der Waals surface area contributed by atoms with Gasteiger partial charge in [-0.15, -0.1) is 0 Å². The van der Waals surface area contributed by atoms with Crippen LogP contribution in [0.5, 0.6) is 5.75 Å². The fourth-order valence-corrected chi connectivity index (χ4v) is 2.22. The van der Waals surface area contributed by atoms with Gasteiger partial charge in [0.05, 0.1) is 18.2 Å². The topological polar surface area (TPSA) is 39.1 Å². The molecule has 2 rings (SSSR count). The molecule has 0 aliphatic carbocycles. The van der Waals surface area contributed by atoms with Gasteiger partial charge in [0.1, 0.15) is 12.4 Å². The molecule has 0 atom stereocenters. The van der Waals surface area contributed by atoms with Gasteiger partial charge in [0.2, 0.25) is 0 Å². The molecule has 0 spiro atoms. The second kappa shape index (κ2) is 7.27. The lowest BCUT2D eigenvalue weighted by Gasteiger charge is -2.15. The Morgan fingerprint density at radius 3 is 2.81 bits per heavy atom. The number of hydrogen-bond acceptors (Lipinski definition) is 3. The van der Waals surface area contributed by atoms with E-state index in [-0.39, 0.29) is 0 Å². The van der Waals surface area contributed by atoms with Crippen molar-refractivity contribution in [2.75, 3.05) is 6.54 Å². The molecule has 1 heterocycles. The first-order valence-corrected chi connectivity index (χ1v) is 7.45. The third-order valence-electron chi connectivity index (χ3n) is 3.44. The minimum atomic E-state index is 0.540.